The summed E-state index contributed by atoms with van der Waals surface area (Å²) in [7, 11) is 2.89. The van der Waals surface area contributed by atoms with E-state index in [0.717, 1.165) is 11.1 Å². The number of methoxy groups -OCH3 is 1. The Hall–Kier alpha value is -4.72. The highest BCUT2D eigenvalue weighted by Crippen LogP contribution is 2.37. The molecule has 0 bridgehead atoms. The van der Waals surface area contributed by atoms with Gasteiger partial charge in [0.05, 0.1) is 31.0 Å². The molecule has 0 N–H and O–H groups in total. The maximum Gasteiger partial charge on any atom is 0.358 e. The SMILES string of the molecule is COC(=O)c1nc(N2CCCOc3ccc(F)cc32)ccc1N(C)C(=O)C(c1ccccc1)c1ccccc1. The van der Waals surface area contributed by atoms with Crippen molar-refractivity contribution in [3.63, 3.8) is 0 Å². The number of esters is 1. The predicted molar refractivity (Wildman–Crippen MR) is 147 cm³/mol. The van der Waals surface area contributed by atoms with Gasteiger partial charge in [-0.2, -0.15) is 0 Å². The molecule has 1 aromatic heterocycles. The van der Waals surface area contributed by atoms with Gasteiger partial charge in [0.25, 0.3) is 0 Å². The number of pyridine rings is 1. The number of aromatic nitrogens is 1. The Bertz CT molecular complexity index is 1440. The van der Waals surface area contributed by atoms with Crippen molar-refractivity contribution in [2.45, 2.75) is 12.3 Å². The Kier molecular flexibility index (Phi) is 7.54. The summed E-state index contributed by atoms with van der Waals surface area (Å²) in [6.45, 7) is 0.969. The van der Waals surface area contributed by atoms with E-state index >= 15 is 0 Å². The molecule has 0 fully saturated rings. The summed E-state index contributed by atoms with van der Waals surface area (Å²) in [5.74, 6) is -0.983. The summed E-state index contributed by atoms with van der Waals surface area (Å²) >= 11 is 0. The summed E-state index contributed by atoms with van der Waals surface area (Å²) in [6.07, 6.45) is 0.668. The van der Waals surface area contributed by atoms with Crippen LogP contribution in [0.25, 0.3) is 0 Å². The van der Waals surface area contributed by atoms with Crippen LogP contribution in [-0.4, -0.2) is 44.2 Å². The summed E-state index contributed by atoms with van der Waals surface area (Å²) in [4.78, 5) is 34.8. The lowest BCUT2D eigenvalue weighted by molar-refractivity contribution is -0.118. The first kappa shape index (κ1) is 25.9. The number of ether oxygens (including phenoxy) is 2. The lowest BCUT2D eigenvalue weighted by Gasteiger charge is -2.27. The average Bonchev–Trinajstić information content (AvgIpc) is 3.19. The fraction of sp³-hybridized carbons (Fsp3) is 0.194. The van der Waals surface area contributed by atoms with Crippen LogP contribution in [0.3, 0.4) is 0 Å². The molecule has 7 nitrogen and oxygen atoms in total. The molecule has 0 saturated heterocycles. The van der Waals surface area contributed by atoms with Gasteiger partial charge >= 0.3 is 5.97 Å². The largest absolute Gasteiger partial charge is 0.491 e. The van der Waals surface area contributed by atoms with E-state index in [-0.39, 0.29) is 11.6 Å². The molecule has 0 saturated carbocycles. The number of fused-ring (bicyclic) bond motifs is 1. The number of nitrogens with zero attached hydrogens (tertiary/aromatic N) is 3. The van der Waals surface area contributed by atoms with E-state index in [4.69, 9.17) is 9.47 Å². The van der Waals surface area contributed by atoms with Crippen molar-refractivity contribution in [1.29, 1.82) is 0 Å². The number of carbonyl (C=O) groups excluding carboxylic acids is 2. The molecule has 198 valence electrons. The van der Waals surface area contributed by atoms with Crippen molar-refractivity contribution >= 4 is 29.1 Å². The van der Waals surface area contributed by atoms with Gasteiger partial charge in [0.15, 0.2) is 5.69 Å². The van der Waals surface area contributed by atoms with Crippen molar-refractivity contribution < 1.29 is 23.5 Å². The van der Waals surface area contributed by atoms with Crippen LogP contribution in [0.1, 0.15) is 34.0 Å². The van der Waals surface area contributed by atoms with Gasteiger partial charge in [-0.3, -0.25) is 4.79 Å². The number of hydrogen-bond acceptors (Lipinski definition) is 6. The third-order valence-electron chi connectivity index (χ3n) is 6.71. The van der Waals surface area contributed by atoms with E-state index in [1.807, 2.05) is 60.7 Å². The standard InChI is InChI=1S/C31H28FN3O4/c1-34(30(36)28(21-10-5-3-6-11-21)22-12-7-4-8-13-22)24-15-17-27(33-29(24)31(37)38-2)35-18-9-19-39-26-16-14-23(32)20-25(26)35/h3-8,10-17,20,28H,9,18-19H2,1-2H3. The van der Waals surface area contributed by atoms with Crippen LogP contribution in [0.4, 0.5) is 21.6 Å². The van der Waals surface area contributed by atoms with E-state index in [9.17, 15) is 14.0 Å². The van der Waals surface area contributed by atoms with E-state index in [2.05, 4.69) is 4.98 Å². The lowest BCUT2D eigenvalue weighted by Crippen LogP contribution is -2.34. The van der Waals surface area contributed by atoms with Crippen LogP contribution >= 0.6 is 0 Å². The number of benzene rings is 3. The van der Waals surface area contributed by atoms with Gasteiger partial charge in [-0.05, 0) is 41.8 Å². The highest BCUT2D eigenvalue weighted by atomic mass is 19.1. The molecular formula is C31H28FN3O4. The van der Waals surface area contributed by atoms with Gasteiger partial charge < -0.3 is 19.3 Å². The maximum atomic E-state index is 14.2. The van der Waals surface area contributed by atoms with Crippen LogP contribution < -0.4 is 14.5 Å². The minimum Gasteiger partial charge on any atom is -0.491 e. The quantitative estimate of drug-likeness (QED) is 0.300. The zero-order chi connectivity index (χ0) is 27.4. The molecule has 0 unspecified atom stereocenters. The number of hydrogen-bond donors (Lipinski definition) is 0. The van der Waals surface area contributed by atoms with Gasteiger partial charge in [0.2, 0.25) is 5.91 Å². The lowest BCUT2D eigenvalue weighted by atomic mass is 9.90. The molecule has 0 spiro atoms. The molecule has 3 aromatic carbocycles. The van der Waals surface area contributed by atoms with Crippen LogP contribution in [0.2, 0.25) is 0 Å². The molecule has 0 radical (unpaired) electrons. The number of carbonyl (C=O) groups is 2. The van der Waals surface area contributed by atoms with Crippen LogP contribution in [0.15, 0.2) is 91.0 Å². The second-order valence-corrected chi connectivity index (χ2v) is 9.15. The highest BCUT2D eigenvalue weighted by molar-refractivity contribution is 6.05. The smallest absolute Gasteiger partial charge is 0.358 e. The fourth-order valence-corrected chi connectivity index (χ4v) is 4.78. The van der Waals surface area contributed by atoms with E-state index in [1.165, 1.54) is 24.1 Å². The summed E-state index contributed by atoms with van der Waals surface area (Å²) < 4.78 is 25.0. The zero-order valence-corrected chi connectivity index (χ0v) is 21.7. The van der Waals surface area contributed by atoms with Gasteiger partial charge in [-0.1, -0.05) is 60.7 Å². The van der Waals surface area contributed by atoms with Crippen molar-refractivity contribution in [3.05, 3.63) is 114 Å². The second-order valence-electron chi connectivity index (χ2n) is 9.15. The number of halogens is 1. The molecule has 1 aliphatic heterocycles. The molecule has 8 heteroatoms. The van der Waals surface area contributed by atoms with Crippen molar-refractivity contribution in [2.24, 2.45) is 0 Å². The number of anilines is 3. The molecule has 0 atom stereocenters. The molecule has 1 aliphatic rings. The normalized spacial score (nSPS) is 12.8. The van der Waals surface area contributed by atoms with Crippen molar-refractivity contribution in [3.8, 4) is 5.75 Å². The topological polar surface area (TPSA) is 72.0 Å². The summed E-state index contributed by atoms with van der Waals surface area (Å²) in [6, 6.07) is 26.7. The van der Waals surface area contributed by atoms with E-state index < -0.39 is 17.7 Å². The Morgan fingerprint density at radius 2 is 1.64 bits per heavy atom. The fourth-order valence-electron chi connectivity index (χ4n) is 4.78. The number of amides is 1. The first-order valence-electron chi connectivity index (χ1n) is 12.6. The number of likely N-dealkylation sites (N-methyl/N-ethyl adjacent to an activating group) is 1. The monoisotopic (exact) mass is 525 g/mol. The Labute approximate surface area is 226 Å². The Morgan fingerprint density at radius 1 is 0.974 bits per heavy atom. The molecular weight excluding hydrogens is 497 g/mol. The van der Waals surface area contributed by atoms with Crippen molar-refractivity contribution in [2.75, 3.05) is 37.1 Å². The molecule has 0 aliphatic carbocycles. The average molecular weight is 526 g/mol. The van der Waals surface area contributed by atoms with Gasteiger partial charge in [-0.25, -0.2) is 14.2 Å². The van der Waals surface area contributed by atoms with Gasteiger partial charge in [-0.15, -0.1) is 0 Å². The summed E-state index contributed by atoms with van der Waals surface area (Å²) in [5.41, 5.74) is 2.45. The third kappa shape index (κ3) is 5.31. The maximum absolute atomic E-state index is 14.2. The van der Waals surface area contributed by atoms with Gasteiger partial charge in [0.1, 0.15) is 17.4 Å². The second kappa shape index (κ2) is 11.3. The van der Waals surface area contributed by atoms with E-state index in [0.29, 0.717) is 42.5 Å². The molecule has 39 heavy (non-hydrogen) atoms. The van der Waals surface area contributed by atoms with E-state index in [1.54, 1.807) is 30.1 Å². The number of rotatable bonds is 6. The Balaban J connectivity index is 1.56. The van der Waals surface area contributed by atoms with Gasteiger partial charge in [0, 0.05) is 19.7 Å². The minimum atomic E-state index is -0.687. The van der Waals surface area contributed by atoms with Crippen LogP contribution in [-0.2, 0) is 9.53 Å². The predicted octanol–water partition coefficient (Wildman–Crippen LogP) is 5.72. The molecule has 1 amide bonds. The summed E-state index contributed by atoms with van der Waals surface area (Å²) in [5, 5.41) is 0. The zero-order valence-electron chi connectivity index (χ0n) is 21.7. The van der Waals surface area contributed by atoms with Crippen molar-refractivity contribution in [1.82, 2.24) is 4.98 Å². The minimum absolute atomic E-state index is 0.0196. The molecule has 4 aromatic rings. The third-order valence-corrected chi connectivity index (χ3v) is 6.71. The van der Waals surface area contributed by atoms with Crippen LogP contribution in [0.5, 0.6) is 5.75 Å². The Morgan fingerprint density at radius 3 is 2.28 bits per heavy atom. The van der Waals surface area contributed by atoms with Crippen LogP contribution in [0, 0.1) is 5.82 Å². The highest BCUT2D eigenvalue weighted by Gasteiger charge is 2.30. The first-order chi connectivity index (χ1) is 19.0. The molecule has 2 heterocycles. The first-order valence-corrected chi connectivity index (χ1v) is 12.6. The molecule has 5 rings (SSSR count).